The minimum atomic E-state index is -0.645. The van der Waals surface area contributed by atoms with Crippen molar-refractivity contribution in [3.8, 4) is 5.75 Å². The molecule has 0 spiro atoms. The molecule has 0 saturated carbocycles. The van der Waals surface area contributed by atoms with E-state index in [-0.39, 0.29) is 24.8 Å². The molecule has 1 aliphatic rings. The predicted molar refractivity (Wildman–Crippen MR) is 99.9 cm³/mol. The number of aryl methyl sites for hydroxylation is 1. The van der Waals surface area contributed by atoms with Crippen LogP contribution in [-0.2, 0) is 27.4 Å². The maximum Gasteiger partial charge on any atom is 0.410 e. The Labute approximate surface area is 163 Å². The normalized spacial score (nSPS) is 15.4. The Morgan fingerprint density at radius 2 is 1.86 bits per heavy atom. The number of ether oxygens (including phenoxy) is 2. The fraction of sp³-hybridized carbons (Fsp3) is 0.667. The SMILES string of the molecule is COC(=O)CCn1ncc(CN2CCN(C(=O)OC(C)(C)C)CC2)c(O)c1=O. The molecule has 0 aromatic carbocycles. The van der Waals surface area contributed by atoms with Gasteiger partial charge in [-0.15, -0.1) is 0 Å². The summed E-state index contributed by atoms with van der Waals surface area (Å²) in [6.07, 6.45) is 1.08. The summed E-state index contributed by atoms with van der Waals surface area (Å²) in [6, 6.07) is 0. The summed E-state index contributed by atoms with van der Waals surface area (Å²) in [5.74, 6) is -0.838. The molecule has 1 aromatic rings. The molecule has 1 N–H and O–H groups in total. The van der Waals surface area contributed by atoms with Crippen LogP contribution in [-0.4, -0.2) is 75.6 Å². The smallest absolute Gasteiger partial charge is 0.410 e. The number of hydrogen-bond acceptors (Lipinski definition) is 8. The third-order valence-electron chi connectivity index (χ3n) is 4.27. The highest BCUT2D eigenvalue weighted by Gasteiger charge is 2.26. The fourth-order valence-corrected chi connectivity index (χ4v) is 2.74. The summed E-state index contributed by atoms with van der Waals surface area (Å²) in [4.78, 5) is 39.2. The Balaban J connectivity index is 1.93. The van der Waals surface area contributed by atoms with Crippen molar-refractivity contribution in [3.63, 3.8) is 0 Å². The Morgan fingerprint density at radius 1 is 1.21 bits per heavy atom. The van der Waals surface area contributed by atoms with Crippen molar-refractivity contribution in [3.05, 3.63) is 22.1 Å². The Kier molecular flexibility index (Phi) is 7.00. The molecule has 0 unspecified atom stereocenters. The number of carbonyl (C=O) groups excluding carboxylic acids is 2. The van der Waals surface area contributed by atoms with Crippen molar-refractivity contribution < 1.29 is 24.2 Å². The number of rotatable bonds is 5. The number of amides is 1. The maximum absolute atomic E-state index is 12.2. The third-order valence-corrected chi connectivity index (χ3v) is 4.27. The second-order valence-corrected chi connectivity index (χ2v) is 7.62. The second kappa shape index (κ2) is 9.05. The molecule has 2 rings (SSSR count). The second-order valence-electron chi connectivity index (χ2n) is 7.62. The number of aromatic hydroxyl groups is 1. The summed E-state index contributed by atoms with van der Waals surface area (Å²) in [5, 5.41) is 14.2. The van der Waals surface area contributed by atoms with Crippen LogP contribution in [0.25, 0.3) is 0 Å². The van der Waals surface area contributed by atoms with Gasteiger partial charge in [0.2, 0.25) is 0 Å². The molecule has 0 radical (unpaired) electrons. The topological polar surface area (TPSA) is 114 Å². The first-order chi connectivity index (χ1) is 13.1. The number of esters is 1. The van der Waals surface area contributed by atoms with Crippen LogP contribution in [0.2, 0.25) is 0 Å². The highest BCUT2D eigenvalue weighted by atomic mass is 16.6. The van der Waals surface area contributed by atoms with Gasteiger partial charge >= 0.3 is 17.6 Å². The number of nitrogens with zero attached hydrogens (tertiary/aromatic N) is 4. The maximum atomic E-state index is 12.2. The monoisotopic (exact) mass is 396 g/mol. The molecule has 1 saturated heterocycles. The molecule has 10 heteroatoms. The lowest BCUT2D eigenvalue weighted by molar-refractivity contribution is -0.140. The van der Waals surface area contributed by atoms with Gasteiger partial charge in [0.05, 0.1) is 26.3 Å². The van der Waals surface area contributed by atoms with E-state index in [2.05, 4.69) is 9.84 Å². The van der Waals surface area contributed by atoms with Crippen LogP contribution in [0, 0.1) is 0 Å². The Hall–Kier alpha value is -2.62. The van der Waals surface area contributed by atoms with Gasteiger partial charge in [-0.2, -0.15) is 5.10 Å². The fourth-order valence-electron chi connectivity index (χ4n) is 2.74. The van der Waals surface area contributed by atoms with E-state index in [9.17, 15) is 19.5 Å². The molecule has 1 fully saturated rings. The number of aromatic nitrogens is 2. The molecule has 0 bridgehead atoms. The van der Waals surface area contributed by atoms with Crippen molar-refractivity contribution >= 4 is 12.1 Å². The summed E-state index contributed by atoms with van der Waals surface area (Å²) in [5.41, 5.74) is -0.775. The summed E-state index contributed by atoms with van der Waals surface area (Å²) < 4.78 is 10.9. The molecule has 10 nitrogen and oxygen atoms in total. The quantitative estimate of drug-likeness (QED) is 0.719. The van der Waals surface area contributed by atoms with Crippen molar-refractivity contribution in [1.29, 1.82) is 0 Å². The zero-order valence-corrected chi connectivity index (χ0v) is 16.8. The molecular formula is C18H28N4O6. The van der Waals surface area contributed by atoms with Gasteiger partial charge in [-0.05, 0) is 20.8 Å². The molecule has 2 heterocycles. The van der Waals surface area contributed by atoms with E-state index in [0.717, 1.165) is 4.68 Å². The van der Waals surface area contributed by atoms with Crippen LogP contribution in [0.3, 0.4) is 0 Å². The average molecular weight is 396 g/mol. The van der Waals surface area contributed by atoms with Gasteiger partial charge in [0.25, 0.3) is 0 Å². The van der Waals surface area contributed by atoms with Crippen molar-refractivity contribution in [2.24, 2.45) is 0 Å². The van der Waals surface area contributed by atoms with Crippen molar-refractivity contribution in [1.82, 2.24) is 19.6 Å². The lowest BCUT2D eigenvalue weighted by Gasteiger charge is -2.35. The van der Waals surface area contributed by atoms with Gasteiger partial charge in [0.15, 0.2) is 5.75 Å². The highest BCUT2D eigenvalue weighted by Crippen LogP contribution is 2.16. The minimum absolute atomic E-state index is 0.00514. The van der Waals surface area contributed by atoms with E-state index in [1.807, 2.05) is 25.7 Å². The molecule has 1 aliphatic heterocycles. The zero-order valence-electron chi connectivity index (χ0n) is 16.8. The van der Waals surface area contributed by atoms with E-state index in [1.54, 1.807) is 4.90 Å². The van der Waals surface area contributed by atoms with Gasteiger partial charge in [-0.1, -0.05) is 0 Å². The lowest BCUT2D eigenvalue weighted by atomic mass is 10.2. The first kappa shape index (κ1) is 21.7. The number of piperazine rings is 1. The summed E-state index contributed by atoms with van der Waals surface area (Å²) in [7, 11) is 1.27. The van der Waals surface area contributed by atoms with E-state index < -0.39 is 17.1 Å². The van der Waals surface area contributed by atoms with Crippen LogP contribution in [0.15, 0.2) is 11.0 Å². The van der Waals surface area contributed by atoms with Gasteiger partial charge in [-0.3, -0.25) is 14.5 Å². The van der Waals surface area contributed by atoms with Crippen LogP contribution in [0.5, 0.6) is 5.75 Å². The number of hydrogen-bond donors (Lipinski definition) is 1. The minimum Gasteiger partial charge on any atom is -0.503 e. The molecule has 156 valence electrons. The van der Waals surface area contributed by atoms with Crippen LogP contribution >= 0.6 is 0 Å². The van der Waals surface area contributed by atoms with Crippen LogP contribution in [0.1, 0.15) is 32.8 Å². The molecule has 28 heavy (non-hydrogen) atoms. The molecule has 0 atom stereocenters. The van der Waals surface area contributed by atoms with Gasteiger partial charge in [-0.25, -0.2) is 9.48 Å². The van der Waals surface area contributed by atoms with E-state index in [1.165, 1.54) is 13.3 Å². The summed E-state index contributed by atoms with van der Waals surface area (Å²) in [6.45, 7) is 8.02. The molecule has 0 aliphatic carbocycles. The molecular weight excluding hydrogens is 368 g/mol. The van der Waals surface area contributed by atoms with Crippen molar-refractivity contribution in [2.75, 3.05) is 33.3 Å². The highest BCUT2D eigenvalue weighted by molar-refractivity contribution is 5.69. The predicted octanol–water partition coefficient (Wildman–Crippen LogP) is 0.565. The standard InChI is InChI=1S/C18H28N4O6/c1-18(2,3)28-17(26)21-9-7-20(8-10-21)12-13-11-19-22(16(25)15(13)24)6-5-14(23)27-4/h11,24H,5-10,12H2,1-4H3. The number of carbonyl (C=O) groups is 2. The third kappa shape index (κ3) is 5.95. The van der Waals surface area contributed by atoms with E-state index >= 15 is 0 Å². The van der Waals surface area contributed by atoms with Crippen LogP contribution in [0.4, 0.5) is 4.79 Å². The molecule has 1 amide bonds. The summed E-state index contributed by atoms with van der Waals surface area (Å²) >= 11 is 0. The lowest BCUT2D eigenvalue weighted by Crippen LogP contribution is -2.49. The number of methoxy groups -OCH3 is 1. The van der Waals surface area contributed by atoms with Crippen molar-refractivity contribution in [2.45, 2.75) is 45.9 Å². The van der Waals surface area contributed by atoms with Gasteiger partial charge in [0.1, 0.15) is 5.60 Å². The van der Waals surface area contributed by atoms with E-state index in [4.69, 9.17) is 4.74 Å². The largest absolute Gasteiger partial charge is 0.503 e. The first-order valence-corrected chi connectivity index (χ1v) is 9.16. The van der Waals surface area contributed by atoms with Gasteiger partial charge in [0, 0.05) is 38.3 Å². The average Bonchev–Trinajstić information content (AvgIpc) is 2.63. The zero-order chi connectivity index (χ0) is 20.9. The van der Waals surface area contributed by atoms with Crippen LogP contribution < -0.4 is 5.56 Å². The molecule has 1 aromatic heterocycles. The Bertz CT molecular complexity index is 762. The van der Waals surface area contributed by atoms with Gasteiger partial charge < -0.3 is 19.5 Å². The Morgan fingerprint density at radius 3 is 2.43 bits per heavy atom. The first-order valence-electron chi connectivity index (χ1n) is 9.16. The van der Waals surface area contributed by atoms with E-state index in [0.29, 0.717) is 38.3 Å².